The van der Waals surface area contributed by atoms with Crippen molar-refractivity contribution in [2.45, 2.75) is 19.9 Å². The number of barbiturate groups is 1. The molecule has 3 aromatic carbocycles. The lowest BCUT2D eigenvalue weighted by Crippen LogP contribution is -2.54. The monoisotopic (exact) mass is 557 g/mol. The minimum Gasteiger partial charge on any atom is -0.494 e. The van der Waals surface area contributed by atoms with Gasteiger partial charge < -0.3 is 9.30 Å². The number of imide groups is 2. The number of rotatable bonds is 7. The highest BCUT2D eigenvalue weighted by molar-refractivity contribution is 9.10. The van der Waals surface area contributed by atoms with Gasteiger partial charge in [0.15, 0.2) is 0 Å². The van der Waals surface area contributed by atoms with Crippen molar-refractivity contribution in [3.63, 3.8) is 0 Å². The molecular weight excluding hydrogens is 534 g/mol. The minimum atomic E-state index is -0.773. The van der Waals surface area contributed by atoms with Crippen LogP contribution in [0, 0.1) is 6.92 Å². The Morgan fingerprint density at radius 2 is 1.68 bits per heavy atom. The largest absolute Gasteiger partial charge is 0.494 e. The van der Waals surface area contributed by atoms with Gasteiger partial charge in [-0.2, -0.15) is 0 Å². The summed E-state index contributed by atoms with van der Waals surface area (Å²) in [6.45, 7) is 3.28. The number of ether oxygens (including phenoxy) is 1. The van der Waals surface area contributed by atoms with Crippen LogP contribution in [0.4, 0.5) is 10.5 Å². The van der Waals surface area contributed by atoms with Gasteiger partial charge in [-0.15, -0.1) is 0 Å². The topological polar surface area (TPSA) is 80.6 Å². The lowest BCUT2D eigenvalue weighted by Gasteiger charge is -2.26. The molecule has 0 atom stereocenters. The Morgan fingerprint density at radius 3 is 2.43 bits per heavy atom. The molecule has 0 saturated carbocycles. The van der Waals surface area contributed by atoms with Crippen LogP contribution in [-0.2, 0) is 16.1 Å². The van der Waals surface area contributed by atoms with E-state index in [1.165, 1.54) is 5.56 Å². The molecule has 1 aliphatic rings. The standard InChI is InChI=1S/C29H24BrN3O4/c1-19-7-13-23(14-8-19)37-16-4-15-32-18-20(24-5-2-3-6-26(24)32)17-25-27(34)31-29(36)33(28(25)35)22-11-9-21(30)10-12-22/h2-3,5-14,17-18H,4,15-16H2,1H3,(H,31,34,36). The van der Waals surface area contributed by atoms with Crippen molar-refractivity contribution in [3.8, 4) is 5.75 Å². The van der Waals surface area contributed by atoms with Gasteiger partial charge in [-0.05, 0) is 61.9 Å². The van der Waals surface area contributed by atoms with E-state index in [0.29, 0.717) is 18.8 Å². The van der Waals surface area contributed by atoms with Crippen molar-refractivity contribution in [3.05, 3.63) is 100 Å². The fourth-order valence-corrected chi connectivity index (χ4v) is 4.54. The van der Waals surface area contributed by atoms with Crippen molar-refractivity contribution in [1.82, 2.24) is 9.88 Å². The minimum absolute atomic E-state index is 0.104. The number of anilines is 1. The number of benzene rings is 3. The summed E-state index contributed by atoms with van der Waals surface area (Å²) in [6.07, 6.45) is 4.25. The summed E-state index contributed by atoms with van der Waals surface area (Å²) in [4.78, 5) is 39.4. The molecule has 1 N–H and O–H groups in total. The van der Waals surface area contributed by atoms with Crippen LogP contribution < -0.4 is 15.0 Å². The molecule has 1 saturated heterocycles. The summed E-state index contributed by atoms with van der Waals surface area (Å²) in [7, 11) is 0. The summed E-state index contributed by atoms with van der Waals surface area (Å²) in [5, 5.41) is 3.19. The Balaban J connectivity index is 1.39. The van der Waals surface area contributed by atoms with Crippen LogP contribution >= 0.6 is 15.9 Å². The van der Waals surface area contributed by atoms with Crippen molar-refractivity contribution in [2.75, 3.05) is 11.5 Å². The van der Waals surface area contributed by atoms with E-state index >= 15 is 0 Å². The third kappa shape index (κ3) is 5.20. The van der Waals surface area contributed by atoms with Crippen molar-refractivity contribution < 1.29 is 19.1 Å². The first kappa shape index (κ1) is 24.5. The van der Waals surface area contributed by atoms with Gasteiger partial charge in [0, 0.05) is 33.7 Å². The molecule has 4 amide bonds. The molecule has 2 heterocycles. The Labute approximate surface area is 222 Å². The van der Waals surface area contributed by atoms with Crippen LogP contribution in [0.15, 0.2) is 89.0 Å². The van der Waals surface area contributed by atoms with Gasteiger partial charge in [-0.1, -0.05) is 51.8 Å². The second kappa shape index (κ2) is 10.4. The highest BCUT2D eigenvalue weighted by Gasteiger charge is 2.37. The van der Waals surface area contributed by atoms with E-state index in [4.69, 9.17) is 4.74 Å². The van der Waals surface area contributed by atoms with Crippen molar-refractivity contribution in [1.29, 1.82) is 0 Å². The molecule has 186 valence electrons. The van der Waals surface area contributed by atoms with Crippen LogP contribution in [-0.4, -0.2) is 29.0 Å². The maximum Gasteiger partial charge on any atom is 0.335 e. The third-order valence-corrected chi connectivity index (χ3v) is 6.67. The predicted octanol–water partition coefficient (Wildman–Crippen LogP) is 5.85. The number of hydrogen-bond acceptors (Lipinski definition) is 4. The fraction of sp³-hybridized carbons (Fsp3) is 0.138. The number of amides is 4. The van der Waals surface area contributed by atoms with Gasteiger partial charge in [0.25, 0.3) is 11.8 Å². The molecule has 0 radical (unpaired) electrons. The maximum absolute atomic E-state index is 13.3. The van der Waals surface area contributed by atoms with E-state index in [2.05, 4.69) is 25.8 Å². The number of para-hydroxylation sites is 1. The molecule has 4 aromatic rings. The lowest BCUT2D eigenvalue weighted by atomic mass is 10.1. The summed E-state index contributed by atoms with van der Waals surface area (Å²) in [6, 6.07) is 21.7. The Hall–Kier alpha value is -4.17. The van der Waals surface area contributed by atoms with Gasteiger partial charge in [-0.3, -0.25) is 14.9 Å². The quantitative estimate of drug-likeness (QED) is 0.175. The summed E-state index contributed by atoms with van der Waals surface area (Å²) in [5.74, 6) is -0.550. The Kier molecular flexibility index (Phi) is 6.92. The number of aryl methyl sites for hydroxylation is 2. The van der Waals surface area contributed by atoms with Crippen molar-refractivity contribution >= 4 is 56.4 Å². The molecule has 0 aliphatic carbocycles. The Bertz CT molecular complexity index is 1520. The van der Waals surface area contributed by atoms with Gasteiger partial charge in [-0.25, -0.2) is 9.69 Å². The molecule has 8 heteroatoms. The van der Waals surface area contributed by atoms with Crippen LogP contribution in [0.1, 0.15) is 17.5 Å². The second-order valence-corrected chi connectivity index (χ2v) is 9.66. The Morgan fingerprint density at radius 1 is 0.946 bits per heavy atom. The number of carbonyl (C=O) groups is 3. The molecular formula is C29H24BrN3O4. The van der Waals surface area contributed by atoms with Crippen LogP contribution in [0.3, 0.4) is 0 Å². The average molecular weight is 558 g/mol. The lowest BCUT2D eigenvalue weighted by molar-refractivity contribution is -0.122. The van der Waals surface area contributed by atoms with Gasteiger partial charge in [0.2, 0.25) is 0 Å². The van der Waals surface area contributed by atoms with Gasteiger partial charge in [0.1, 0.15) is 11.3 Å². The molecule has 0 spiro atoms. The second-order valence-electron chi connectivity index (χ2n) is 8.74. The maximum atomic E-state index is 13.3. The number of halogens is 1. The van der Waals surface area contributed by atoms with Crippen LogP contribution in [0.5, 0.6) is 5.75 Å². The molecule has 5 rings (SSSR count). The van der Waals surface area contributed by atoms with E-state index in [0.717, 1.165) is 38.0 Å². The summed E-state index contributed by atoms with van der Waals surface area (Å²) < 4.78 is 8.76. The van der Waals surface area contributed by atoms with Gasteiger partial charge in [0.05, 0.1) is 12.3 Å². The third-order valence-electron chi connectivity index (χ3n) is 6.14. The first-order valence-corrected chi connectivity index (χ1v) is 12.6. The van der Waals surface area contributed by atoms with Crippen LogP contribution in [0.25, 0.3) is 17.0 Å². The number of nitrogens with one attached hydrogen (secondary N) is 1. The summed E-state index contributed by atoms with van der Waals surface area (Å²) >= 11 is 3.35. The molecule has 1 aromatic heterocycles. The molecule has 0 bridgehead atoms. The molecule has 7 nitrogen and oxygen atoms in total. The predicted molar refractivity (Wildman–Crippen MR) is 146 cm³/mol. The number of fused-ring (bicyclic) bond motifs is 1. The number of nitrogens with zero attached hydrogens (tertiary/aromatic N) is 2. The molecule has 1 aliphatic heterocycles. The first-order chi connectivity index (χ1) is 17.9. The molecule has 37 heavy (non-hydrogen) atoms. The molecule has 0 unspecified atom stereocenters. The van der Waals surface area contributed by atoms with E-state index in [9.17, 15) is 14.4 Å². The van der Waals surface area contributed by atoms with Crippen LogP contribution in [0.2, 0.25) is 0 Å². The smallest absolute Gasteiger partial charge is 0.335 e. The van der Waals surface area contributed by atoms with E-state index in [1.54, 1.807) is 30.3 Å². The fourth-order valence-electron chi connectivity index (χ4n) is 4.27. The van der Waals surface area contributed by atoms with E-state index in [1.807, 2.05) is 61.7 Å². The van der Waals surface area contributed by atoms with E-state index < -0.39 is 17.8 Å². The number of carbonyl (C=O) groups excluding carboxylic acids is 3. The highest BCUT2D eigenvalue weighted by atomic mass is 79.9. The van der Waals surface area contributed by atoms with Gasteiger partial charge >= 0.3 is 6.03 Å². The zero-order valence-electron chi connectivity index (χ0n) is 20.1. The molecule has 1 fully saturated rings. The first-order valence-electron chi connectivity index (χ1n) is 11.8. The van der Waals surface area contributed by atoms with Crippen molar-refractivity contribution in [2.24, 2.45) is 0 Å². The zero-order chi connectivity index (χ0) is 25.9. The normalized spacial score (nSPS) is 14.9. The highest BCUT2D eigenvalue weighted by Crippen LogP contribution is 2.27. The zero-order valence-corrected chi connectivity index (χ0v) is 21.7. The summed E-state index contributed by atoms with van der Waals surface area (Å²) in [5.41, 5.74) is 3.16. The number of urea groups is 1. The van der Waals surface area contributed by atoms with E-state index in [-0.39, 0.29) is 5.57 Å². The number of aromatic nitrogens is 1. The SMILES string of the molecule is Cc1ccc(OCCCn2cc(C=C3C(=O)NC(=O)N(c4ccc(Br)cc4)C3=O)c3ccccc32)cc1. The number of hydrogen-bond donors (Lipinski definition) is 1. The average Bonchev–Trinajstić information content (AvgIpc) is 3.24.